The fourth-order valence-electron chi connectivity index (χ4n) is 1.97. The number of benzene rings is 2. The van der Waals surface area contributed by atoms with Crippen molar-refractivity contribution < 1.29 is 14.3 Å². The predicted molar refractivity (Wildman–Crippen MR) is 93.3 cm³/mol. The Hall–Kier alpha value is -3.26. The lowest BCUT2D eigenvalue weighted by Gasteiger charge is -2.09. The third-order valence-corrected chi connectivity index (χ3v) is 3.22. The molecule has 2 rings (SSSR count). The summed E-state index contributed by atoms with van der Waals surface area (Å²) in [4.78, 5) is 23.0. The van der Waals surface area contributed by atoms with Gasteiger partial charge in [-0.15, -0.1) is 0 Å². The van der Waals surface area contributed by atoms with Crippen molar-refractivity contribution in [2.75, 3.05) is 19.0 Å². The summed E-state index contributed by atoms with van der Waals surface area (Å²) in [5.74, 6) is 6.39. The van der Waals surface area contributed by atoms with Gasteiger partial charge >= 0.3 is 6.03 Å². The van der Waals surface area contributed by atoms with Crippen LogP contribution in [0.1, 0.15) is 22.8 Å². The van der Waals surface area contributed by atoms with Crippen molar-refractivity contribution in [1.82, 2.24) is 5.32 Å². The number of amides is 2. The first-order valence-corrected chi connectivity index (χ1v) is 7.38. The van der Waals surface area contributed by atoms with Gasteiger partial charge in [-0.05, 0) is 31.2 Å². The topological polar surface area (TPSA) is 67.4 Å². The Labute approximate surface area is 141 Å². The van der Waals surface area contributed by atoms with Gasteiger partial charge in [0.25, 0.3) is 0 Å². The van der Waals surface area contributed by atoms with Crippen molar-refractivity contribution in [1.29, 1.82) is 0 Å². The Morgan fingerprint density at radius 2 is 1.79 bits per heavy atom. The lowest BCUT2D eigenvalue weighted by atomic mass is 10.1. The summed E-state index contributed by atoms with van der Waals surface area (Å²) in [5, 5.41) is 5.35. The van der Waals surface area contributed by atoms with Gasteiger partial charge in [0.1, 0.15) is 5.75 Å². The second-order valence-electron chi connectivity index (χ2n) is 4.94. The number of rotatable bonds is 4. The third-order valence-electron chi connectivity index (χ3n) is 3.22. The molecule has 0 heterocycles. The SMILES string of the molecule is COc1ccccc1NC(=O)NCC#Cc1ccc(C(C)=O)cc1. The van der Waals surface area contributed by atoms with E-state index in [1.54, 1.807) is 43.5 Å². The van der Waals surface area contributed by atoms with Crippen LogP contribution in [0.25, 0.3) is 0 Å². The van der Waals surface area contributed by atoms with E-state index in [9.17, 15) is 9.59 Å². The summed E-state index contributed by atoms with van der Waals surface area (Å²) in [5.41, 5.74) is 2.02. The Kier molecular flexibility index (Phi) is 5.98. The van der Waals surface area contributed by atoms with E-state index in [-0.39, 0.29) is 18.4 Å². The van der Waals surface area contributed by atoms with E-state index < -0.39 is 0 Å². The highest BCUT2D eigenvalue weighted by atomic mass is 16.5. The maximum atomic E-state index is 11.8. The largest absolute Gasteiger partial charge is 0.495 e. The summed E-state index contributed by atoms with van der Waals surface area (Å²) in [6.45, 7) is 1.72. The van der Waals surface area contributed by atoms with Crippen LogP contribution in [0.4, 0.5) is 10.5 Å². The van der Waals surface area contributed by atoms with Crippen molar-refractivity contribution in [3.05, 3.63) is 59.7 Å². The van der Waals surface area contributed by atoms with Crippen molar-refractivity contribution in [2.45, 2.75) is 6.92 Å². The van der Waals surface area contributed by atoms with Crippen LogP contribution in [-0.4, -0.2) is 25.5 Å². The van der Waals surface area contributed by atoms with Crippen LogP contribution in [-0.2, 0) is 0 Å². The lowest BCUT2D eigenvalue weighted by Crippen LogP contribution is -2.29. The summed E-state index contributed by atoms with van der Waals surface area (Å²) >= 11 is 0. The molecule has 2 aromatic carbocycles. The Bertz CT molecular complexity index is 786. The molecule has 0 atom stereocenters. The van der Waals surface area contributed by atoms with E-state index in [0.29, 0.717) is 17.0 Å². The predicted octanol–water partition coefficient (Wildman–Crippen LogP) is 3.07. The average molecular weight is 322 g/mol. The minimum absolute atomic E-state index is 0.0178. The van der Waals surface area contributed by atoms with Gasteiger partial charge in [-0.1, -0.05) is 36.1 Å². The number of methoxy groups -OCH3 is 1. The molecule has 0 aromatic heterocycles. The van der Waals surface area contributed by atoms with Gasteiger partial charge in [0.2, 0.25) is 0 Å². The highest BCUT2D eigenvalue weighted by molar-refractivity contribution is 5.94. The Morgan fingerprint density at radius 3 is 2.46 bits per heavy atom. The van der Waals surface area contributed by atoms with Crippen LogP contribution in [0, 0.1) is 11.8 Å². The first-order chi connectivity index (χ1) is 11.6. The quantitative estimate of drug-likeness (QED) is 0.671. The van der Waals surface area contributed by atoms with E-state index in [1.807, 2.05) is 12.1 Å². The number of ether oxygens (including phenoxy) is 1. The highest BCUT2D eigenvalue weighted by Gasteiger charge is 2.05. The van der Waals surface area contributed by atoms with Crippen molar-refractivity contribution >= 4 is 17.5 Å². The molecular weight excluding hydrogens is 304 g/mol. The highest BCUT2D eigenvalue weighted by Crippen LogP contribution is 2.22. The molecule has 24 heavy (non-hydrogen) atoms. The molecule has 0 aliphatic carbocycles. The summed E-state index contributed by atoms with van der Waals surface area (Å²) in [6.07, 6.45) is 0. The number of carbonyl (C=O) groups excluding carboxylic acids is 2. The molecule has 2 amide bonds. The monoisotopic (exact) mass is 322 g/mol. The number of hydrogen-bond acceptors (Lipinski definition) is 3. The summed E-state index contributed by atoms with van der Waals surface area (Å²) in [7, 11) is 1.54. The van der Waals surface area contributed by atoms with E-state index >= 15 is 0 Å². The van der Waals surface area contributed by atoms with Crippen molar-refractivity contribution in [3.63, 3.8) is 0 Å². The molecule has 2 N–H and O–H groups in total. The fraction of sp³-hybridized carbons (Fsp3) is 0.158. The average Bonchev–Trinajstić information content (AvgIpc) is 2.59. The normalized spacial score (nSPS) is 9.42. The molecule has 0 aliphatic heterocycles. The minimum atomic E-state index is -0.360. The zero-order chi connectivity index (χ0) is 17.4. The molecule has 2 aromatic rings. The van der Waals surface area contributed by atoms with Gasteiger partial charge in [-0.25, -0.2) is 4.79 Å². The molecule has 0 radical (unpaired) electrons. The van der Waals surface area contributed by atoms with Crippen molar-refractivity contribution in [2.24, 2.45) is 0 Å². The van der Waals surface area contributed by atoms with Crippen LogP contribution in [0.3, 0.4) is 0 Å². The Morgan fingerprint density at radius 1 is 1.08 bits per heavy atom. The van der Waals surface area contributed by atoms with E-state index in [4.69, 9.17) is 4.74 Å². The maximum absolute atomic E-state index is 11.8. The molecule has 5 heteroatoms. The van der Waals surface area contributed by atoms with Crippen LogP contribution in [0.15, 0.2) is 48.5 Å². The van der Waals surface area contributed by atoms with Gasteiger partial charge in [-0.2, -0.15) is 0 Å². The van der Waals surface area contributed by atoms with Gasteiger partial charge in [-0.3, -0.25) is 4.79 Å². The van der Waals surface area contributed by atoms with Crippen molar-refractivity contribution in [3.8, 4) is 17.6 Å². The number of anilines is 1. The molecule has 0 spiro atoms. The number of Topliss-reactive ketones (excluding diaryl/α,β-unsaturated/α-hetero) is 1. The number of para-hydroxylation sites is 2. The van der Waals surface area contributed by atoms with Crippen LogP contribution in [0.5, 0.6) is 5.75 Å². The zero-order valence-corrected chi connectivity index (χ0v) is 13.6. The minimum Gasteiger partial charge on any atom is -0.495 e. The van der Waals surface area contributed by atoms with Crippen LogP contribution < -0.4 is 15.4 Å². The van der Waals surface area contributed by atoms with E-state index in [1.165, 1.54) is 6.92 Å². The number of urea groups is 1. The standard InChI is InChI=1S/C19H18N2O3/c1-14(22)16-11-9-15(10-12-16)6-5-13-20-19(23)21-17-7-3-4-8-18(17)24-2/h3-4,7-12H,13H2,1-2H3,(H2,20,21,23). The second-order valence-corrected chi connectivity index (χ2v) is 4.94. The number of ketones is 1. The molecule has 0 aliphatic rings. The smallest absolute Gasteiger partial charge is 0.320 e. The van der Waals surface area contributed by atoms with Gasteiger partial charge in [0.05, 0.1) is 19.3 Å². The van der Waals surface area contributed by atoms with Crippen LogP contribution in [0.2, 0.25) is 0 Å². The van der Waals surface area contributed by atoms with E-state index in [2.05, 4.69) is 22.5 Å². The lowest BCUT2D eigenvalue weighted by molar-refractivity contribution is 0.101. The zero-order valence-electron chi connectivity index (χ0n) is 13.6. The van der Waals surface area contributed by atoms with Crippen LogP contribution >= 0.6 is 0 Å². The Balaban J connectivity index is 1.86. The molecule has 0 unspecified atom stereocenters. The molecule has 5 nitrogen and oxygen atoms in total. The van der Waals surface area contributed by atoms with E-state index in [0.717, 1.165) is 5.56 Å². The first kappa shape index (κ1) is 17.1. The third kappa shape index (κ3) is 4.89. The molecule has 0 bridgehead atoms. The summed E-state index contributed by atoms with van der Waals surface area (Å²) < 4.78 is 5.16. The first-order valence-electron chi connectivity index (χ1n) is 7.38. The fourth-order valence-corrected chi connectivity index (χ4v) is 1.97. The van der Waals surface area contributed by atoms with Gasteiger partial charge < -0.3 is 15.4 Å². The molecule has 0 saturated carbocycles. The summed E-state index contributed by atoms with van der Waals surface area (Å²) in [6, 6.07) is 13.8. The molecule has 0 saturated heterocycles. The maximum Gasteiger partial charge on any atom is 0.320 e. The number of carbonyl (C=O) groups is 2. The number of hydrogen-bond donors (Lipinski definition) is 2. The molecule has 0 fully saturated rings. The number of nitrogens with one attached hydrogen (secondary N) is 2. The molecular formula is C19H18N2O3. The van der Waals surface area contributed by atoms with Gasteiger partial charge in [0, 0.05) is 11.1 Å². The van der Waals surface area contributed by atoms with Gasteiger partial charge in [0.15, 0.2) is 5.78 Å². The molecule has 122 valence electrons. The second kappa shape index (κ2) is 8.39.